The summed E-state index contributed by atoms with van der Waals surface area (Å²) in [4.78, 5) is 28.4. The lowest BCUT2D eigenvalue weighted by Gasteiger charge is -2.10. The van der Waals surface area contributed by atoms with E-state index in [1.54, 1.807) is 26.4 Å². The van der Waals surface area contributed by atoms with Gasteiger partial charge in [0.25, 0.3) is 5.91 Å². The van der Waals surface area contributed by atoms with Crippen LogP contribution in [0.2, 0.25) is 0 Å². The summed E-state index contributed by atoms with van der Waals surface area (Å²) in [6, 6.07) is -0.190. The van der Waals surface area contributed by atoms with Gasteiger partial charge in [-0.1, -0.05) is 0 Å². The molecule has 1 atom stereocenters. The zero-order chi connectivity index (χ0) is 13.0. The average molecular weight is 256 g/mol. The van der Waals surface area contributed by atoms with Crippen LogP contribution < -0.4 is 11.1 Å². The molecule has 0 spiro atoms. The number of nitrogens with zero attached hydrogens (tertiary/aromatic N) is 2. The van der Waals surface area contributed by atoms with E-state index >= 15 is 0 Å². The van der Waals surface area contributed by atoms with Crippen molar-refractivity contribution in [1.82, 2.24) is 15.2 Å². The van der Waals surface area contributed by atoms with E-state index in [-0.39, 0.29) is 24.4 Å². The molecule has 2 amide bonds. The minimum Gasteiger partial charge on any atom is -0.347 e. The maximum atomic E-state index is 11.6. The van der Waals surface area contributed by atoms with Crippen molar-refractivity contribution in [2.75, 3.05) is 20.6 Å². The Labute approximate surface area is 104 Å². The van der Waals surface area contributed by atoms with Crippen molar-refractivity contribution in [3.8, 4) is 0 Å². The predicted octanol–water partition coefficient (Wildman–Crippen LogP) is -0.0192. The molecule has 0 aliphatic heterocycles. The Morgan fingerprint density at radius 1 is 1.59 bits per heavy atom. The highest BCUT2D eigenvalue weighted by Crippen LogP contribution is 2.15. The Hall–Kier alpha value is -1.47. The molecular formula is C10H16N4O2S. The number of rotatable bonds is 4. The van der Waals surface area contributed by atoms with E-state index in [9.17, 15) is 9.59 Å². The van der Waals surface area contributed by atoms with Gasteiger partial charge in [0.2, 0.25) is 5.91 Å². The van der Waals surface area contributed by atoms with Gasteiger partial charge in [-0.3, -0.25) is 9.59 Å². The van der Waals surface area contributed by atoms with Gasteiger partial charge in [0.05, 0.1) is 12.6 Å². The number of likely N-dealkylation sites (N-methyl/N-ethyl adjacent to an activating group) is 1. The molecule has 0 aliphatic carbocycles. The summed E-state index contributed by atoms with van der Waals surface area (Å²) in [7, 11) is 3.26. The van der Waals surface area contributed by atoms with Crippen molar-refractivity contribution in [2.24, 2.45) is 5.73 Å². The van der Waals surface area contributed by atoms with Gasteiger partial charge in [0.1, 0.15) is 10.7 Å². The summed E-state index contributed by atoms with van der Waals surface area (Å²) < 4.78 is 0. The molecule has 3 N–H and O–H groups in total. The Morgan fingerprint density at radius 3 is 2.71 bits per heavy atom. The summed E-state index contributed by atoms with van der Waals surface area (Å²) in [6.07, 6.45) is 0. The number of hydrogen-bond acceptors (Lipinski definition) is 5. The van der Waals surface area contributed by atoms with Crippen LogP contribution in [0, 0.1) is 0 Å². The fraction of sp³-hybridized carbons (Fsp3) is 0.500. The Balaban J connectivity index is 2.55. The molecular weight excluding hydrogens is 240 g/mol. The van der Waals surface area contributed by atoms with E-state index in [4.69, 9.17) is 5.73 Å². The van der Waals surface area contributed by atoms with E-state index < -0.39 is 0 Å². The summed E-state index contributed by atoms with van der Waals surface area (Å²) in [5, 5.41) is 4.84. The van der Waals surface area contributed by atoms with Crippen molar-refractivity contribution in [2.45, 2.75) is 13.0 Å². The Morgan fingerprint density at radius 2 is 2.24 bits per heavy atom. The monoisotopic (exact) mass is 256 g/mol. The number of carbonyl (C=O) groups is 2. The van der Waals surface area contributed by atoms with Crippen LogP contribution in [0.3, 0.4) is 0 Å². The highest BCUT2D eigenvalue weighted by Gasteiger charge is 2.13. The van der Waals surface area contributed by atoms with Gasteiger partial charge >= 0.3 is 0 Å². The number of aromatic nitrogens is 1. The molecule has 0 radical (unpaired) electrons. The van der Waals surface area contributed by atoms with E-state index in [0.29, 0.717) is 10.7 Å². The second-order valence-electron chi connectivity index (χ2n) is 3.83. The maximum absolute atomic E-state index is 11.6. The van der Waals surface area contributed by atoms with Gasteiger partial charge in [-0.15, -0.1) is 11.3 Å². The van der Waals surface area contributed by atoms with E-state index in [1.807, 2.05) is 0 Å². The third-order valence-corrected chi connectivity index (χ3v) is 3.09. The quantitative estimate of drug-likeness (QED) is 0.792. The van der Waals surface area contributed by atoms with Crippen LogP contribution in [0.25, 0.3) is 0 Å². The molecule has 0 saturated carbocycles. The number of nitrogens with two attached hydrogens (primary N) is 1. The highest BCUT2D eigenvalue weighted by molar-refractivity contribution is 7.09. The molecule has 1 rings (SSSR count). The van der Waals surface area contributed by atoms with Crippen LogP contribution in [0.1, 0.15) is 28.5 Å². The number of nitrogens with one attached hydrogen (secondary N) is 1. The van der Waals surface area contributed by atoms with Crippen LogP contribution in [-0.4, -0.2) is 42.3 Å². The molecule has 1 unspecified atom stereocenters. The largest absolute Gasteiger partial charge is 0.347 e. The van der Waals surface area contributed by atoms with Crippen LogP contribution in [-0.2, 0) is 4.79 Å². The molecule has 6 nitrogen and oxygen atoms in total. The molecule has 1 heterocycles. The first-order chi connectivity index (χ1) is 7.91. The van der Waals surface area contributed by atoms with Crippen LogP contribution in [0.15, 0.2) is 5.38 Å². The molecule has 0 aliphatic rings. The normalized spacial score (nSPS) is 12.0. The topological polar surface area (TPSA) is 88.3 Å². The lowest BCUT2D eigenvalue weighted by molar-refractivity contribution is -0.127. The minimum absolute atomic E-state index is 0.0309. The molecule has 1 aromatic rings. The van der Waals surface area contributed by atoms with E-state index in [2.05, 4.69) is 10.3 Å². The van der Waals surface area contributed by atoms with Gasteiger partial charge in [-0.05, 0) is 6.92 Å². The highest BCUT2D eigenvalue weighted by atomic mass is 32.1. The molecule has 1 aromatic heterocycles. The minimum atomic E-state index is -0.358. The lowest BCUT2D eigenvalue weighted by Crippen LogP contribution is -2.36. The number of carbonyl (C=O) groups excluding carboxylic acids is 2. The predicted molar refractivity (Wildman–Crippen MR) is 65.7 cm³/mol. The first-order valence-corrected chi connectivity index (χ1v) is 5.99. The van der Waals surface area contributed by atoms with Crippen molar-refractivity contribution >= 4 is 23.2 Å². The van der Waals surface area contributed by atoms with Crippen molar-refractivity contribution in [3.63, 3.8) is 0 Å². The fourth-order valence-electron chi connectivity index (χ4n) is 1.01. The second kappa shape index (κ2) is 5.74. The van der Waals surface area contributed by atoms with Crippen LogP contribution in [0.4, 0.5) is 0 Å². The summed E-state index contributed by atoms with van der Waals surface area (Å²) >= 11 is 1.33. The molecule has 0 aromatic carbocycles. The zero-order valence-electron chi connectivity index (χ0n) is 10.1. The average Bonchev–Trinajstić information content (AvgIpc) is 2.74. The zero-order valence-corrected chi connectivity index (χ0v) is 10.9. The van der Waals surface area contributed by atoms with Gasteiger partial charge in [-0.2, -0.15) is 0 Å². The summed E-state index contributed by atoms with van der Waals surface area (Å²) in [5.74, 6) is -0.524. The van der Waals surface area contributed by atoms with Crippen molar-refractivity contribution in [3.05, 3.63) is 16.1 Å². The first kappa shape index (κ1) is 13.6. The lowest BCUT2D eigenvalue weighted by atomic mass is 10.4. The van der Waals surface area contributed by atoms with Gasteiger partial charge in [0, 0.05) is 19.5 Å². The third-order valence-electron chi connectivity index (χ3n) is 2.04. The standard InChI is InChI=1S/C10H16N4O2S/c1-6(11)10-13-7(5-17-10)9(16)12-4-8(15)14(2)3/h5-6H,4,11H2,1-3H3,(H,12,16). The number of hydrogen-bond donors (Lipinski definition) is 2. The Kier molecular flexibility index (Phi) is 4.59. The summed E-state index contributed by atoms with van der Waals surface area (Å²) in [5.41, 5.74) is 5.94. The third kappa shape index (κ3) is 3.79. The van der Waals surface area contributed by atoms with E-state index in [0.717, 1.165) is 0 Å². The van der Waals surface area contributed by atoms with Gasteiger partial charge in [-0.25, -0.2) is 4.98 Å². The van der Waals surface area contributed by atoms with Crippen molar-refractivity contribution in [1.29, 1.82) is 0 Å². The SMILES string of the molecule is CC(N)c1nc(C(=O)NCC(=O)N(C)C)cs1. The van der Waals surface area contributed by atoms with Crippen LogP contribution >= 0.6 is 11.3 Å². The first-order valence-electron chi connectivity index (χ1n) is 5.11. The van der Waals surface area contributed by atoms with Gasteiger partial charge < -0.3 is 16.0 Å². The number of amides is 2. The molecule has 0 saturated heterocycles. The smallest absolute Gasteiger partial charge is 0.271 e. The molecule has 17 heavy (non-hydrogen) atoms. The number of thiazole rings is 1. The summed E-state index contributed by atoms with van der Waals surface area (Å²) in [6.45, 7) is 1.77. The Bertz CT molecular complexity index is 414. The van der Waals surface area contributed by atoms with Crippen molar-refractivity contribution < 1.29 is 9.59 Å². The van der Waals surface area contributed by atoms with E-state index in [1.165, 1.54) is 16.2 Å². The second-order valence-corrected chi connectivity index (χ2v) is 4.72. The van der Waals surface area contributed by atoms with Crippen LogP contribution in [0.5, 0.6) is 0 Å². The van der Waals surface area contributed by atoms with Gasteiger partial charge in [0.15, 0.2) is 0 Å². The molecule has 0 bridgehead atoms. The molecule has 7 heteroatoms. The maximum Gasteiger partial charge on any atom is 0.271 e. The molecule has 0 fully saturated rings. The fourth-order valence-corrected chi connectivity index (χ4v) is 1.76. The molecule has 94 valence electrons.